The molecule has 0 heterocycles. The summed E-state index contributed by atoms with van der Waals surface area (Å²) in [7, 11) is 0. The topological polar surface area (TPSA) is 113 Å². The Kier molecular flexibility index (Phi) is 6.85. The van der Waals surface area contributed by atoms with Crippen LogP contribution in [-0.2, 0) is 9.59 Å². The maximum Gasteiger partial charge on any atom is 0.220 e. The molecule has 0 fully saturated rings. The van der Waals surface area contributed by atoms with Crippen LogP contribution in [0.2, 0.25) is 0 Å². The first-order valence-corrected chi connectivity index (χ1v) is 4.78. The number of nitrogens with one attached hydrogen (secondary N) is 1. The number of amides is 1. The van der Waals surface area contributed by atoms with E-state index >= 15 is 0 Å². The molecule has 0 bridgehead atoms. The van der Waals surface area contributed by atoms with Crippen LogP contribution in [-0.4, -0.2) is 47.2 Å². The summed E-state index contributed by atoms with van der Waals surface area (Å²) >= 11 is 0. The molecule has 0 aliphatic heterocycles. The summed E-state index contributed by atoms with van der Waals surface area (Å²) in [5.74, 6) is -0.497. The summed E-state index contributed by atoms with van der Waals surface area (Å²) < 4.78 is 0. The Bertz CT molecular complexity index is 216. The van der Waals surface area contributed by atoms with Gasteiger partial charge in [-0.15, -0.1) is 0 Å². The fourth-order valence-electron chi connectivity index (χ4n) is 0.939. The van der Waals surface area contributed by atoms with E-state index in [4.69, 9.17) is 15.9 Å². The third-order valence-corrected chi connectivity index (χ3v) is 2.01. The predicted octanol–water partition coefficient (Wildman–Crippen LogP) is -1.85. The predicted molar refractivity (Wildman–Crippen MR) is 54.0 cm³/mol. The number of hydrogen-bond acceptors (Lipinski definition) is 5. The largest absolute Gasteiger partial charge is 0.394 e. The first kappa shape index (κ1) is 14.0. The molecule has 0 spiro atoms. The van der Waals surface area contributed by atoms with Crippen LogP contribution in [0, 0.1) is 0 Å². The van der Waals surface area contributed by atoms with Gasteiger partial charge in [0.1, 0.15) is 5.78 Å². The van der Waals surface area contributed by atoms with Crippen molar-refractivity contribution in [1.29, 1.82) is 0 Å². The van der Waals surface area contributed by atoms with E-state index in [0.29, 0.717) is 0 Å². The highest BCUT2D eigenvalue weighted by Crippen LogP contribution is 1.96. The van der Waals surface area contributed by atoms with E-state index in [1.54, 1.807) is 0 Å². The molecule has 0 aromatic carbocycles. The van der Waals surface area contributed by atoms with Crippen LogP contribution in [0.1, 0.15) is 19.8 Å². The summed E-state index contributed by atoms with van der Waals surface area (Å²) in [6.45, 7) is 0.731. The minimum Gasteiger partial charge on any atom is -0.394 e. The number of aliphatic hydroxyl groups excluding tert-OH is 2. The quantitative estimate of drug-likeness (QED) is 0.401. The SMILES string of the molecule is CC(=O)C(N)CCC(=O)NC(CO)CO. The summed E-state index contributed by atoms with van der Waals surface area (Å²) in [5, 5.41) is 19.8. The standard InChI is InChI=1S/C9H18N2O4/c1-6(14)8(10)2-3-9(15)11-7(4-12)5-13/h7-8,12-13H,2-5,10H2,1H3,(H,11,15). The number of ketones is 1. The van der Waals surface area contributed by atoms with Crippen LogP contribution in [0.25, 0.3) is 0 Å². The Balaban J connectivity index is 3.79. The second-order valence-corrected chi connectivity index (χ2v) is 3.39. The van der Waals surface area contributed by atoms with Crippen LogP contribution in [0.4, 0.5) is 0 Å². The van der Waals surface area contributed by atoms with Gasteiger partial charge in [-0.2, -0.15) is 0 Å². The molecule has 0 rings (SSSR count). The first-order chi connectivity index (χ1) is 7.01. The molecule has 0 radical (unpaired) electrons. The molecule has 5 N–H and O–H groups in total. The zero-order valence-corrected chi connectivity index (χ0v) is 8.77. The van der Waals surface area contributed by atoms with Crippen molar-refractivity contribution in [3.8, 4) is 0 Å². The Morgan fingerprint density at radius 1 is 1.33 bits per heavy atom. The van der Waals surface area contributed by atoms with Gasteiger partial charge in [-0.25, -0.2) is 0 Å². The van der Waals surface area contributed by atoms with Gasteiger partial charge >= 0.3 is 0 Å². The number of carbonyl (C=O) groups is 2. The Morgan fingerprint density at radius 3 is 2.27 bits per heavy atom. The number of hydrogen-bond donors (Lipinski definition) is 4. The average molecular weight is 218 g/mol. The Hall–Kier alpha value is -0.980. The lowest BCUT2D eigenvalue weighted by molar-refractivity contribution is -0.123. The van der Waals surface area contributed by atoms with E-state index in [9.17, 15) is 9.59 Å². The molecule has 6 nitrogen and oxygen atoms in total. The molecule has 88 valence electrons. The molecule has 0 saturated heterocycles. The first-order valence-electron chi connectivity index (χ1n) is 4.78. The number of rotatable bonds is 7. The lowest BCUT2D eigenvalue weighted by Gasteiger charge is -2.14. The Labute approximate surface area is 88.5 Å². The van der Waals surface area contributed by atoms with E-state index in [2.05, 4.69) is 5.32 Å². The third kappa shape index (κ3) is 6.16. The number of aliphatic hydroxyl groups is 2. The summed E-state index contributed by atoms with van der Waals surface area (Å²) in [6.07, 6.45) is 0.377. The molecule has 0 saturated carbocycles. The summed E-state index contributed by atoms with van der Waals surface area (Å²) in [6, 6.07) is -1.27. The van der Waals surface area contributed by atoms with Gasteiger partial charge < -0.3 is 21.3 Å². The molecule has 0 aromatic rings. The zero-order valence-electron chi connectivity index (χ0n) is 8.77. The van der Waals surface area contributed by atoms with E-state index < -0.39 is 12.1 Å². The minimum atomic E-state index is -0.647. The van der Waals surface area contributed by atoms with Gasteiger partial charge in [0.15, 0.2) is 0 Å². The normalized spacial score (nSPS) is 12.6. The molecular formula is C9H18N2O4. The van der Waals surface area contributed by atoms with Crippen molar-refractivity contribution in [1.82, 2.24) is 5.32 Å². The van der Waals surface area contributed by atoms with Gasteiger partial charge in [-0.05, 0) is 13.3 Å². The van der Waals surface area contributed by atoms with Crippen molar-refractivity contribution in [3.05, 3.63) is 0 Å². The maximum absolute atomic E-state index is 11.2. The molecule has 0 aromatic heterocycles. The fraction of sp³-hybridized carbons (Fsp3) is 0.778. The van der Waals surface area contributed by atoms with E-state index in [0.717, 1.165) is 0 Å². The highest BCUT2D eigenvalue weighted by molar-refractivity contribution is 5.82. The molecular weight excluding hydrogens is 200 g/mol. The van der Waals surface area contributed by atoms with Crippen molar-refractivity contribution >= 4 is 11.7 Å². The van der Waals surface area contributed by atoms with E-state index in [1.807, 2.05) is 0 Å². The zero-order chi connectivity index (χ0) is 11.8. The van der Waals surface area contributed by atoms with E-state index in [1.165, 1.54) is 6.92 Å². The summed E-state index contributed by atoms with van der Waals surface area (Å²) in [5.41, 5.74) is 5.43. The number of carbonyl (C=O) groups excluding carboxylic acids is 2. The van der Waals surface area contributed by atoms with Gasteiger partial charge in [-0.1, -0.05) is 0 Å². The lowest BCUT2D eigenvalue weighted by Crippen LogP contribution is -2.41. The van der Waals surface area contributed by atoms with Crippen molar-refractivity contribution in [2.75, 3.05) is 13.2 Å². The van der Waals surface area contributed by atoms with Gasteiger partial charge in [0.2, 0.25) is 5.91 Å². The minimum absolute atomic E-state index is 0.108. The maximum atomic E-state index is 11.2. The van der Waals surface area contributed by atoms with Crippen molar-refractivity contribution in [3.63, 3.8) is 0 Å². The molecule has 15 heavy (non-hydrogen) atoms. The smallest absolute Gasteiger partial charge is 0.220 e. The highest BCUT2D eigenvalue weighted by Gasteiger charge is 2.13. The molecule has 1 amide bonds. The molecule has 0 aliphatic carbocycles. The van der Waals surface area contributed by atoms with Crippen LogP contribution < -0.4 is 11.1 Å². The Morgan fingerprint density at radius 2 is 1.87 bits per heavy atom. The molecule has 1 atom stereocenters. The van der Waals surface area contributed by atoms with Crippen LogP contribution in [0.5, 0.6) is 0 Å². The molecule has 0 aliphatic rings. The number of Topliss-reactive ketones (excluding diaryl/α,β-unsaturated/α-hetero) is 1. The van der Waals surface area contributed by atoms with Crippen LogP contribution in [0.3, 0.4) is 0 Å². The second-order valence-electron chi connectivity index (χ2n) is 3.39. The van der Waals surface area contributed by atoms with Crippen LogP contribution in [0.15, 0.2) is 0 Å². The third-order valence-electron chi connectivity index (χ3n) is 2.01. The van der Waals surface area contributed by atoms with Gasteiger partial charge in [0.25, 0.3) is 0 Å². The van der Waals surface area contributed by atoms with E-state index in [-0.39, 0.29) is 37.7 Å². The van der Waals surface area contributed by atoms with Gasteiger partial charge in [-0.3, -0.25) is 9.59 Å². The van der Waals surface area contributed by atoms with Gasteiger partial charge in [0.05, 0.1) is 25.3 Å². The average Bonchev–Trinajstić information content (AvgIpc) is 2.22. The second kappa shape index (κ2) is 7.33. The van der Waals surface area contributed by atoms with Gasteiger partial charge in [0, 0.05) is 6.42 Å². The monoisotopic (exact) mass is 218 g/mol. The van der Waals surface area contributed by atoms with Crippen LogP contribution >= 0.6 is 0 Å². The van der Waals surface area contributed by atoms with Crippen molar-refractivity contribution in [2.24, 2.45) is 5.73 Å². The van der Waals surface area contributed by atoms with Crippen molar-refractivity contribution in [2.45, 2.75) is 31.8 Å². The molecule has 1 unspecified atom stereocenters. The van der Waals surface area contributed by atoms with Crippen molar-refractivity contribution < 1.29 is 19.8 Å². The summed E-state index contributed by atoms with van der Waals surface area (Å²) in [4.78, 5) is 22.0. The fourth-order valence-corrected chi connectivity index (χ4v) is 0.939. The highest BCUT2D eigenvalue weighted by atomic mass is 16.3. The number of nitrogens with two attached hydrogens (primary N) is 1. The molecule has 6 heteroatoms. The lowest BCUT2D eigenvalue weighted by atomic mass is 10.1.